The predicted molar refractivity (Wildman–Crippen MR) is 132 cm³/mol. The van der Waals surface area contributed by atoms with Gasteiger partial charge in [-0.15, -0.1) is 0 Å². The third-order valence-electron chi connectivity index (χ3n) is 5.15. The van der Waals surface area contributed by atoms with E-state index in [1.54, 1.807) is 0 Å². The fraction of sp³-hybridized carbons (Fsp3) is 0.417. The molecule has 0 saturated heterocycles. The van der Waals surface area contributed by atoms with Crippen molar-refractivity contribution < 1.29 is 14.2 Å². The predicted octanol–water partition coefficient (Wildman–Crippen LogP) is 1.96. The molecule has 0 amide bonds. The van der Waals surface area contributed by atoms with E-state index in [2.05, 4.69) is 0 Å². The van der Waals surface area contributed by atoms with Gasteiger partial charge in [0.1, 0.15) is 0 Å². The summed E-state index contributed by atoms with van der Waals surface area (Å²) in [6.45, 7) is 4.86. The Morgan fingerprint density at radius 1 is 0.576 bits per heavy atom. The van der Waals surface area contributed by atoms with Crippen molar-refractivity contribution in [1.82, 2.24) is 7.12 Å². The molecule has 2 aromatic carbocycles. The van der Waals surface area contributed by atoms with Gasteiger partial charge in [-0.3, -0.25) is 0 Å². The Balaban J connectivity index is 0.991. The van der Waals surface area contributed by atoms with Crippen LogP contribution in [0, 0.1) is 0 Å². The Kier molecular flexibility index (Phi) is 9.38. The number of rotatable bonds is 14. The first-order valence-corrected chi connectivity index (χ1v) is 14.4. The van der Waals surface area contributed by atoms with Gasteiger partial charge in [0.15, 0.2) is 0 Å². The molecule has 2 heterocycles. The topological polar surface area (TPSA) is 71.7 Å². The van der Waals surface area contributed by atoms with Crippen LogP contribution in [0.2, 0.25) is 0 Å². The van der Waals surface area contributed by atoms with E-state index < -0.39 is 0 Å². The molecule has 4 aromatic rings. The van der Waals surface area contributed by atoms with Crippen molar-refractivity contribution in [3.05, 3.63) is 69.2 Å². The molecule has 0 saturated carbocycles. The zero-order chi connectivity index (χ0) is 22.9. The van der Waals surface area contributed by atoms with Gasteiger partial charge in [0, 0.05) is 0 Å². The molecule has 9 heteroatoms. The molecule has 7 nitrogen and oxygen atoms in total. The molecule has 0 fully saturated rings. The van der Waals surface area contributed by atoms with E-state index in [1.807, 2.05) is 55.7 Å². The van der Waals surface area contributed by atoms with Crippen molar-refractivity contribution >= 4 is 48.8 Å². The maximum absolute atomic E-state index is 12.3. The normalized spacial score (nSPS) is 11.6. The van der Waals surface area contributed by atoms with Gasteiger partial charge in [-0.05, 0) is 0 Å². The number of hydrogen-bond donors (Lipinski definition) is 0. The first-order valence-electron chi connectivity index (χ1n) is 11.1. The van der Waals surface area contributed by atoms with Crippen LogP contribution in [0.3, 0.4) is 0 Å². The molecule has 0 unspecified atom stereocenters. The summed E-state index contributed by atoms with van der Waals surface area (Å²) in [6, 6.07) is 15.7. The second-order valence-corrected chi connectivity index (χ2v) is 12.0. The Morgan fingerprint density at radius 3 is 1.39 bits per heavy atom. The SMILES string of the molecule is O=c1c2ccccc2[se]n1CCCOCCOCCOCCCn1[se]c2ccccc2c1=O. The minimum atomic E-state index is 0.0899. The van der Waals surface area contributed by atoms with Crippen LogP contribution in [0.4, 0.5) is 0 Å². The minimum absolute atomic E-state index is 0.0899. The van der Waals surface area contributed by atoms with Gasteiger partial charge in [-0.1, -0.05) is 0 Å². The van der Waals surface area contributed by atoms with Crippen LogP contribution in [0.15, 0.2) is 58.1 Å². The van der Waals surface area contributed by atoms with Gasteiger partial charge in [-0.2, -0.15) is 0 Å². The van der Waals surface area contributed by atoms with Crippen LogP contribution in [0.25, 0.3) is 19.3 Å². The molecule has 0 bridgehead atoms. The first-order chi connectivity index (χ1) is 16.2. The molecular formula is C24H28N2O5Se2. The average molecular weight is 582 g/mol. The van der Waals surface area contributed by atoms with Crippen LogP contribution in [0.1, 0.15) is 12.8 Å². The molecule has 0 spiro atoms. The summed E-state index contributed by atoms with van der Waals surface area (Å²) in [7, 11) is 0. The van der Waals surface area contributed by atoms with Crippen molar-refractivity contribution in [2.75, 3.05) is 39.6 Å². The summed E-state index contributed by atoms with van der Waals surface area (Å²) in [6.07, 6.45) is 1.66. The van der Waals surface area contributed by atoms with Crippen LogP contribution in [-0.4, -0.2) is 76.2 Å². The molecule has 0 aliphatic carbocycles. The van der Waals surface area contributed by atoms with Gasteiger partial charge < -0.3 is 0 Å². The van der Waals surface area contributed by atoms with Crippen molar-refractivity contribution in [2.24, 2.45) is 0 Å². The molecule has 176 valence electrons. The van der Waals surface area contributed by atoms with Crippen molar-refractivity contribution in [3.63, 3.8) is 0 Å². The van der Waals surface area contributed by atoms with Crippen molar-refractivity contribution in [2.45, 2.75) is 25.9 Å². The van der Waals surface area contributed by atoms with Crippen LogP contribution in [0.5, 0.6) is 0 Å². The number of ether oxygens (including phenoxy) is 3. The Bertz CT molecular complexity index is 1180. The van der Waals surface area contributed by atoms with Gasteiger partial charge in [-0.25, -0.2) is 0 Å². The van der Waals surface area contributed by atoms with Crippen LogP contribution < -0.4 is 11.1 Å². The number of nitrogens with zero attached hydrogens (tertiary/aromatic N) is 2. The van der Waals surface area contributed by atoms with E-state index in [1.165, 1.54) is 8.52 Å². The molecule has 0 atom stereocenters. The Labute approximate surface area is 204 Å². The monoisotopic (exact) mass is 584 g/mol. The van der Waals surface area contributed by atoms with Gasteiger partial charge in [0.05, 0.1) is 0 Å². The molecule has 0 radical (unpaired) electrons. The van der Waals surface area contributed by atoms with E-state index >= 15 is 0 Å². The number of fused-ring (bicyclic) bond motifs is 2. The second-order valence-electron chi connectivity index (χ2n) is 7.53. The van der Waals surface area contributed by atoms with Crippen LogP contribution in [-0.2, 0) is 27.3 Å². The number of aromatic nitrogens is 2. The molecule has 0 N–H and O–H groups in total. The van der Waals surface area contributed by atoms with Crippen molar-refractivity contribution in [1.29, 1.82) is 0 Å². The zero-order valence-corrected chi connectivity index (χ0v) is 21.9. The summed E-state index contributed by atoms with van der Waals surface area (Å²) in [4.78, 5) is 24.6. The quantitative estimate of drug-likeness (QED) is 0.168. The summed E-state index contributed by atoms with van der Waals surface area (Å²) in [5.74, 6) is 0. The Morgan fingerprint density at radius 2 is 0.970 bits per heavy atom. The first kappa shape index (κ1) is 24.4. The summed E-state index contributed by atoms with van der Waals surface area (Å²) < 4.78 is 23.0. The third-order valence-corrected chi connectivity index (χ3v) is 9.85. The maximum atomic E-state index is 12.3. The van der Waals surface area contributed by atoms with E-state index in [-0.39, 0.29) is 40.6 Å². The van der Waals surface area contributed by atoms with Gasteiger partial charge in [0.25, 0.3) is 0 Å². The average Bonchev–Trinajstić information content (AvgIpc) is 3.33. The summed E-state index contributed by atoms with van der Waals surface area (Å²) in [5.41, 5.74) is 0.291. The fourth-order valence-electron chi connectivity index (χ4n) is 3.49. The molecule has 0 aliphatic heterocycles. The second kappa shape index (κ2) is 12.7. The number of benzene rings is 2. The van der Waals surface area contributed by atoms with Crippen molar-refractivity contribution in [3.8, 4) is 0 Å². The van der Waals surface area contributed by atoms with E-state index in [9.17, 15) is 9.59 Å². The molecular weight excluding hydrogens is 554 g/mol. The standard InChI is InChI=1S/C24H28N2O5Se2/c27-23-19-7-1-3-9-21(19)32-25(23)11-5-13-29-15-17-31-18-16-30-14-6-12-26-24(28)20-8-2-4-10-22(20)33-26/h1-4,7-10H,5-6,11-18H2. The molecule has 33 heavy (non-hydrogen) atoms. The Hall–Kier alpha value is -1.70. The molecule has 0 aliphatic rings. The zero-order valence-electron chi connectivity index (χ0n) is 18.4. The number of hydrogen-bond acceptors (Lipinski definition) is 5. The molecule has 4 rings (SSSR count). The van der Waals surface area contributed by atoms with E-state index in [0.29, 0.717) is 39.6 Å². The van der Waals surface area contributed by atoms with Gasteiger partial charge >= 0.3 is 205 Å². The number of aryl methyl sites for hydroxylation is 2. The third kappa shape index (κ3) is 6.67. The van der Waals surface area contributed by atoms with E-state index in [0.717, 1.165) is 36.7 Å². The fourth-order valence-corrected chi connectivity index (χ4v) is 7.82. The van der Waals surface area contributed by atoms with E-state index in [4.69, 9.17) is 14.2 Å². The molecule has 2 aromatic heterocycles. The van der Waals surface area contributed by atoms with Gasteiger partial charge in [0.2, 0.25) is 0 Å². The van der Waals surface area contributed by atoms with Crippen LogP contribution >= 0.6 is 0 Å². The summed E-state index contributed by atoms with van der Waals surface area (Å²) in [5, 5.41) is 1.70. The summed E-state index contributed by atoms with van der Waals surface area (Å²) >= 11 is 0.180.